The Kier molecular flexibility index (Phi) is 3.88. The molecular weight excluding hydrogens is 232 g/mol. The highest BCUT2D eigenvalue weighted by Gasteiger charge is 2.04. The van der Waals surface area contributed by atoms with Crippen LogP contribution in [0.5, 0.6) is 0 Å². The van der Waals surface area contributed by atoms with E-state index >= 15 is 0 Å². The van der Waals surface area contributed by atoms with Crippen molar-refractivity contribution in [2.45, 2.75) is 19.9 Å². The molecule has 88 valence electrons. The molecule has 17 heavy (non-hydrogen) atoms. The van der Waals surface area contributed by atoms with Gasteiger partial charge in [0.05, 0.1) is 13.0 Å². The Bertz CT molecular complexity index is 494. The largest absolute Gasteiger partial charge is 0.349 e. The van der Waals surface area contributed by atoms with Crippen LogP contribution in [0.4, 0.5) is 0 Å². The molecule has 1 N–H and O–H groups in total. The molecule has 1 heterocycles. The average Bonchev–Trinajstić information content (AvgIpc) is 2.79. The van der Waals surface area contributed by atoms with E-state index in [2.05, 4.69) is 10.3 Å². The zero-order chi connectivity index (χ0) is 12.1. The van der Waals surface area contributed by atoms with Crippen LogP contribution in [0.15, 0.2) is 35.8 Å². The average molecular weight is 246 g/mol. The second kappa shape index (κ2) is 5.59. The third-order valence-electron chi connectivity index (χ3n) is 2.37. The minimum atomic E-state index is 0.0331. The van der Waals surface area contributed by atoms with Gasteiger partial charge >= 0.3 is 0 Å². The first kappa shape index (κ1) is 11.8. The van der Waals surface area contributed by atoms with Crippen LogP contribution in [0, 0.1) is 6.92 Å². The summed E-state index contributed by atoms with van der Waals surface area (Å²) < 4.78 is 0. The Hall–Kier alpha value is -1.68. The van der Waals surface area contributed by atoms with E-state index in [1.165, 1.54) is 5.56 Å². The predicted octanol–water partition coefficient (Wildman–Crippen LogP) is 2.31. The van der Waals surface area contributed by atoms with E-state index in [4.69, 9.17) is 0 Å². The fraction of sp³-hybridized carbons (Fsp3) is 0.231. The SMILES string of the molecule is Cc1cccc(CC(=O)NCc2nccs2)c1. The molecule has 0 radical (unpaired) electrons. The number of rotatable bonds is 4. The summed E-state index contributed by atoms with van der Waals surface area (Å²) in [7, 11) is 0. The summed E-state index contributed by atoms with van der Waals surface area (Å²) in [5, 5.41) is 5.70. The van der Waals surface area contributed by atoms with Gasteiger partial charge in [-0.1, -0.05) is 29.8 Å². The minimum absolute atomic E-state index is 0.0331. The molecule has 1 aromatic heterocycles. The first-order valence-electron chi connectivity index (χ1n) is 5.44. The number of aromatic nitrogens is 1. The molecule has 0 aliphatic carbocycles. The van der Waals surface area contributed by atoms with Crippen LogP contribution in [0.25, 0.3) is 0 Å². The van der Waals surface area contributed by atoms with Gasteiger partial charge in [0.1, 0.15) is 5.01 Å². The van der Waals surface area contributed by atoms with Crippen molar-refractivity contribution in [2.24, 2.45) is 0 Å². The van der Waals surface area contributed by atoms with E-state index < -0.39 is 0 Å². The lowest BCUT2D eigenvalue weighted by molar-refractivity contribution is -0.120. The highest BCUT2D eigenvalue weighted by atomic mass is 32.1. The summed E-state index contributed by atoms with van der Waals surface area (Å²) in [4.78, 5) is 15.8. The van der Waals surface area contributed by atoms with Crippen molar-refractivity contribution in [1.29, 1.82) is 0 Å². The Morgan fingerprint density at radius 2 is 2.35 bits per heavy atom. The summed E-state index contributed by atoms with van der Waals surface area (Å²) in [6.07, 6.45) is 2.17. The van der Waals surface area contributed by atoms with Gasteiger partial charge in [-0.05, 0) is 12.5 Å². The van der Waals surface area contributed by atoms with Crippen molar-refractivity contribution in [2.75, 3.05) is 0 Å². The molecule has 1 aromatic carbocycles. The smallest absolute Gasteiger partial charge is 0.224 e. The summed E-state index contributed by atoms with van der Waals surface area (Å²) >= 11 is 1.55. The number of nitrogens with one attached hydrogen (secondary N) is 1. The van der Waals surface area contributed by atoms with Crippen LogP contribution >= 0.6 is 11.3 Å². The van der Waals surface area contributed by atoms with E-state index in [1.807, 2.05) is 36.6 Å². The summed E-state index contributed by atoms with van der Waals surface area (Å²) in [5.41, 5.74) is 2.22. The van der Waals surface area contributed by atoms with E-state index in [1.54, 1.807) is 17.5 Å². The normalized spacial score (nSPS) is 10.2. The lowest BCUT2D eigenvalue weighted by Crippen LogP contribution is -2.24. The minimum Gasteiger partial charge on any atom is -0.349 e. The number of amides is 1. The molecule has 2 aromatic rings. The molecule has 0 fully saturated rings. The molecule has 0 saturated heterocycles. The standard InChI is InChI=1S/C13H14N2OS/c1-10-3-2-4-11(7-10)8-12(16)15-9-13-14-5-6-17-13/h2-7H,8-9H2,1H3,(H,15,16). The fourth-order valence-corrected chi connectivity index (χ4v) is 2.14. The number of thiazole rings is 1. The lowest BCUT2D eigenvalue weighted by atomic mass is 10.1. The monoisotopic (exact) mass is 246 g/mol. The van der Waals surface area contributed by atoms with Crippen molar-refractivity contribution < 1.29 is 4.79 Å². The van der Waals surface area contributed by atoms with Crippen LogP contribution in [0.3, 0.4) is 0 Å². The molecule has 0 atom stereocenters. The topological polar surface area (TPSA) is 42.0 Å². The van der Waals surface area contributed by atoms with Gasteiger partial charge < -0.3 is 5.32 Å². The van der Waals surface area contributed by atoms with Crippen molar-refractivity contribution in [3.8, 4) is 0 Å². The first-order chi connectivity index (χ1) is 8.24. The molecule has 2 rings (SSSR count). The number of hydrogen-bond acceptors (Lipinski definition) is 3. The summed E-state index contributed by atoms with van der Waals surface area (Å²) in [5.74, 6) is 0.0331. The molecule has 1 amide bonds. The molecule has 0 bridgehead atoms. The van der Waals surface area contributed by atoms with Crippen LogP contribution in [0.2, 0.25) is 0 Å². The third-order valence-corrected chi connectivity index (χ3v) is 3.15. The molecule has 3 nitrogen and oxygen atoms in total. The van der Waals surface area contributed by atoms with Gasteiger partial charge in [0.15, 0.2) is 0 Å². The van der Waals surface area contributed by atoms with Crippen molar-refractivity contribution in [3.05, 3.63) is 52.0 Å². The fourth-order valence-electron chi connectivity index (χ4n) is 1.58. The van der Waals surface area contributed by atoms with Crippen LogP contribution in [-0.2, 0) is 17.8 Å². The maximum absolute atomic E-state index is 11.7. The molecule has 0 spiro atoms. The van der Waals surface area contributed by atoms with E-state index in [-0.39, 0.29) is 5.91 Å². The zero-order valence-corrected chi connectivity index (χ0v) is 10.5. The summed E-state index contributed by atoms with van der Waals surface area (Å²) in [6.45, 7) is 2.54. The molecule has 0 aliphatic heterocycles. The molecule has 0 aliphatic rings. The Morgan fingerprint density at radius 1 is 1.47 bits per heavy atom. The Balaban J connectivity index is 1.85. The predicted molar refractivity (Wildman–Crippen MR) is 68.8 cm³/mol. The number of carbonyl (C=O) groups is 1. The highest BCUT2D eigenvalue weighted by molar-refractivity contribution is 7.09. The van der Waals surface area contributed by atoms with Gasteiger partial charge in [-0.2, -0.15) is 0 Å². The maximum atomic E-state index is 11.7. The highest BCUT2D eigenvalue weighted by Crippen LogP contribution is 2.06. The van der Waals surface area contributed by atoms with E-state index in [0.29, 0.717) is 13.0 Å². The third kappa shape index (κ3) is 3.67. The van der Waals surface area contributed by atoms with Crippen molar-refractivity contribution in [1.82, 2.24) is 10.3 Å². The van der Waals surface area contributed by atoms with Gasteiger partial charge in [-0.3, -0.25) is 4.79 Å². The van der Waals surface area contributed by atoms with Crippen LogP contribution in [0.1, 0.15) is 16.1 Å². The first-order valence-corrected chi connectivity index (χ1v) is 6.32. The van der Waals surface area contributed by atoms with Gasteiger partial charge in [-0.15, -0.1) is 11.3 Å². The molecule has 0 unspecified atom stereocenters. The Labute approximate surface area is 105 Å². The number of nitrogens with zero attached hydrogens (tertiary/aromatic N) is 1. The molecular formula is C13H14N2OS. The maximum Gasteiger partial charge on any atom is 0.224 e. The quantitative estimate of drug-likeness (QED) is 0.899. The second-order valence-corrected chi connectivity index (χ2v) is 4.85. The lowest BCUT2D eigenvalue weighted by Gasteiger charge is -2.04. The summed E-state index contributed by atoms with van der Waals surface area (Å²) in [6, 6.07) is 7.99. The number of hydrogen-bond donors (Lipinski definition) is 1. The zero-order valence-electron chi connectivity index (χ0n) is 9.64. The van der Waals surface area contributed by atoms with Gasteiger partial charge in [0.2, 0.25) is 5.91 Å². The number of benzene rings is 1. The number of aryl methyl sites for hydroxylation is 1. The van der Waals surface area contributed by atoms with Gasteiger partial charge in [0.25, 0.3) is 0 Å². The molecule has 0 saturated carbocycles. The van der Waals surface area contributed by atoms with Crippen molar-refractivity contribution >= 4 is 17.2 Å². The van der Waals surface area contributed by atoms with Crippen molar-refractivity contribution in [3.63, 3.8) is 0 Å². The van der Waals surface area contributed by atoms with E-state index in [9.17, 15) is 4.79 Å². The number of carbonyl (C=O) groups excluding carboxylic acids is 1. The van der Waals surface area contributed by atoms with Crippen LogP contribution < -0.4 is 5.32 Å². The van der Waals surface area contributed by atoms with Gasteiger partial charge in [-0.25, -0.2) is 4.98 Å². The molecule has 4 heteroatoms. The van der Waals surface area contributed by atoms with Crippen LogP contribution in [-0.4, -0.2) is 10.9 Å². The van der Waals surface area contributed by atoms with Gasteiger partial charge in [0, 0.05) is 11.6 Å². The van der Waals surface area contributed by atoms with E-state index in [0.717, 1.165) is 10.6 Å². The Morgan fingerprint density at radius 3 is 3.06 bits per heavy atom. The second-order valence-electron chi connectivity index (χ2n) is 3.87.